The molecule has 4 rings (SSSR count). The van der Waals surface area contributed by atoms with E-state index in [9.17, 15) is 18.0 Å². The first-order valence-electron chi connectivity index (χ1n) is 11.6. The molecule has 2 aliphatic rings. The van der Waals surface area contributed by atoms with Crippen LogP contribution in [0.25, 0.3) is 10.9 Å². The second-order valence-electron chi connectivity index (χ2n) is 9.74. The molecule has 1 saturated heterocycles. The summed E-state index contributed by atoms with van der Waals surface area (Å²) in [6.07, 6.45) is 7.74. The Kier molecular flexibility index (Phi) is 6.45. The lowest BCUT2D eigenvalue weighted by atomic mass is 9.94. The first-order valence-corrected chi connectivity index (χ1v) is 13.0. The lowest BCUT2D eigenvalue weighted by Crippen LogP contribution is -2.42. The van der Waals surface area contributed by atoms with Crippen molar-refractivity contribution in [3.05, 3.63) is 40.2 Å². The average Bonchev–Trinajstić information content (AvgIpc) is 2.76. The van der Waals surface area contributed by atoms with Gasteiger partial charge in [0, 0.05) is 37.8 Å². The largest absolute Gasteiger partial charge is 0.350 e. The van der Waals surface area contributed by atoms with Gasteiger partial charge >= 0.3 is 0 Å². The third-order valence-electron chi connectivity index (χ3n) is 6.82. The van der Waals surface area contributed by atoms with Crippen molar-refractivity contribution in [1.82, 2.24) is 14.2 Å². The quantitative estimate of drug-likeness (QED) is 0.760. The molecule has 0 radical (unpaired) electrons. The lowest BCUT2D eigenvalue weighted by Gasteiger charge is -2.34. The van der Waals surface area contributed by atoms with Gasteiger partial charge in [0.05, 0.1) is 10.4 Å². The number of aryl methyl sites for hydroxylation is 1. The highest BCUT2D eigenvalue weighted by Crippen LogP contribution is 2.28. The zero-order chi connectivity index (χ0) is 23.0. The van der Waals surface area contributed by atoms with Crippen LogP contribution >= 0.6 is 0 Å². The molecule has 1 aromatic carbocycles. The number of benzene rings is 1. The highest BCUT2D eigenvalue weighted by molar-refractivity contribution is 7.89. The van der Waals surface area contributed by atoms with Crippen molar-refractivity contribution in [1.29, 1.82) is 0 Å². The summed E-state index contributed by atoms with van der Waals surface area (Å²) in [5.74, 6) is 0.195. The van der Waals surface area contributed by atoms with E-state index in [2.05, 4.69) is 19.2 Å². The van der Waals surface area contributed by atoms with E-state index in [0.29, 0.717) is 18.6 Å². The van der Waals surface area contributed by atoms with Crippen molar-refractivity contribution in [3.8, 4) is 0 Å². The molecule has 1 amide bonds. The molecule has 1 aromatic heterocycles. The first kappa shape index (κ1) is 23.0. The predicted octanol–water partition coefficient (Wildman–Crippen LogP) is 3.27. The van der Waals surface area contributed by atoms with E-state index in [-0.39, 0.29) is 39.6 Å². The van der Waals surface area contributed by atoms with Gasteiger partial charge in [-0.25, -0.2) is 8.42 Å². The van der Waals surface area contributed by atoms with E-state index >= 15 is 0 Å². The third-order valence-corrected chi connectivity index (χ3v) is 8.65. The third kappa shape index (κ3) is 4.48. The molecular weight excluding hydrogens is 426 g/mol. The summed E-state index contributed by atoms with van der Waals surface area (Å²) in [7, 11) is -1.95. The fourth-order valence-corrected chi connectivity index (χ4v) is 6.96. The van der Waals surface area contributed by atoms with E-state index < -0.39 is 15.5 Å². The molecule has 1 aliphatic heterocycles. The highest BCUT2D eigenvalue weighted by atomic mass is 32.2. The van der Waals surface area contributed by atoms with Gasteiger partial charge in [-0.3, -0.25) is 9.59 Å². The molecule has 174 valence electrons. The zero-order valence-corrected chi connectivity index (χ0v) is 20.0. The van der Waals surface area contributed by atoms with Gasteiger partial charge in [-0.1, -0.05) is 33.1 Å². The molecule has 1 saturated carbocycles. The molecule has 8 heteroatoms. The summed E-state index contributed by atoms with van der Waals surface area (Å²) in [5, 5.41) is 3.25. The maximum absolute atomic E-state index is 13.3. The number of nitrogens with one attached hydrogen (secondary N) is 1. The SMILES string of the molecule is C[C@@H]1C[C@H](C)CN(S(=O)(=O)c2ccc3c(c2)c(=O)c(C(=O)NC2CCCCC2)cn3C)C1. The zero-order valence-electron chi connectivity index (χ0n) is 19.1. The number of nitrogens with zero attached hydrogens (tertiary/aromatic N) is 2. The normalized spacial score (nSPS) is 23.3. The Morgan fingerprint density at radius 1 is 1.06 bits per heavy atom. The molecule has 0 bridgehead atoms. The van der Waals surface area contributed by atoms with Gasteiger partial charge in [0.2, 0.25) is 15.5 Å². The minimum Gasteiger partial charge on any atom is -0.350 e. The average molecular weight is 460 g/mol. The van der Waals surface area contributed by atoms with E-state index in [1.54, 1.807) is 29.9 Å². The van der Waals surface area contributed by atoms with E-state index in [0.717, 1.165) is 32.1 Å². The Morgan fingerprint density at radius 3 is 2.38 bits per heavy atom. The van der Waals surface area contributed by atoms with E-state index in [4.69, 9.17) is 0 Å². The van der Waals surface area contributed by atoms with Gasteiger partial charge in [0.25, 0.3) is 5.91 Å². The topological polar surface area (TPSA) is 88.5 Å². The van der Waals surface area contributed by atoms with Gasteiger partial charge < -0.3 is 9.88 Å². The number of aromatic nitrogens is 1. The molecule has 0 unspecified atom stereocenters. The smallest absolute Gasteiger partial charge is 0.256 e. The maximum atomic E-state index is 13.3. The number of sulfonamides is 1. The van der Waals surface area contributed by atoms with Crippen LogP contribution in [0.4, 0.5) is 0 Å². The fourth-order valence-electron chi connectivity index (χ4n) is 5.25. The van der Waals surface area contributed by atoms with Crippen molar-refractivity contribution < 1.29 is 13.2 Å². The van der Waals surface area contributed by atoms with Crippen molar-refractivity contribution in [2.75, 3.05) is 13.1 Å². The molecule has 2 fully saturated rings. The number of piperidine rings is 1. The molecule has 2 aromatic rings. The Bertz CT molecular complexity index is 1170. The molecule has 1 N–H and O–H groups in total. The molecular formula is C24H33N3O4S. The number of carbonyl (C=O) groups is 1. The predicted molar refractivity (Wildman–Crippen MR) is 125 cm³/mol. The number of hydrogen-bond donors (Lipinski definition) is 1. The number of rotatable bonds is 4. The van der Waals surface area contributed by atoms with Crippen LogP contribution in [0.1, 0.15) is 62.7 Å². The van der Waals surface area contributed by atoms with Crippen LogP contribution in [0, 0.1) is 11.8 Å². The van der Waals surface area contributed by atoms with E-state index in [1.165, 1.54) is 16.8 Å². The van der Waals surface area contributed by atoms with Crippen LogP contribution in [-0.2, 0) is 17.1 Å². The Hall–Kier alpha value is -2.19. The van der Waals surface area contributed by atoms with Gasteiger partial charge in [0.1, 0.15) is 5.56 Å². The highest BCUT2D eigenvalue weighted by Gasteiger charge is 2.32. The van der Waals surface area contributed by atoms with Crippen molar-refractivity contribution in [2.24, 2.45) is 18.9 Å². The van der Waals surface area contributed by atoms with Crippen molar-refractivity contribution in [3.63, 3.8) is 0 Å². The van der Waals surface area contributed by atoms with Gasteiger partial charge in [-0.15, -0.1) is 0 Å². The van der Waals surface area contributed by atoms with Crippen LogP contribution in [0.2, 0.25) is 0 Å². The molecule has 2 heterocycles. The van der Waals surface area contributed by atoms with Crippen LogP contribution in [0.15, 0.2) is 34.1 Å². The van der Waals surface area contributed by atoms with Crippen molar-refractivity contribution in [2.45, 2.75) is 63.3 Å². The summed E-state index contributed by atoms with van der Waals surface area (Å²) >= 11 is 0. The first-order chi connectivity index (χ1) is 15.2. The van der Waals surface area contributed by atoms with Gasteiger partial charge in [-0.05, 0) is 49.3 Å². The molecule has 0 spiro atoms. The fraction of sp³-hybridized carbons (Fsp3) is 0.583. The lowest BCUT2D eigenvalue weighted by molar-refractivity contribution is 0.0926. The van der Waals surface area contributed by atoms with Crippen LogP contribution < -0.4 is 10.7 Å². The Morgan fingerprint density at radius 2 is 1.72 bits per heavy atom. The minimum atomic E-state index is -3.72. The summed E-state index contributed by atoms with van der Waals surface area (Å²) in [6.45, 7) is 5.08. The van der Waals surface area contributed by atoms with Crippen molar-refractivity contribution >= 4 is 26.8 Å². The second kappa shape index (κ2) is 8.98. The standard InChI is InChI=1S/C24H33N3O4S/c1-16-11-17(2)14-27(13-16)32(30,31)19-9-10-22-20(12-19)23(28)21(15-26(22)3)24(29)25-18-7-5-4-6-8-18/h9-10,12,15-18H,4-8,11,13-14H2,1-3H3,(H,25,29)/t16-,17+. The number of hydrogen-bond acceptors (Lipinski definition) is 4. The number of carbonyl (C=O) groups excluding carboxylic acids is 1. The minimum absolute atomic E-state index is 0.0559. The van der Waals surface area contributed by atoms with E-state index in [1.807, 2.05) is 0 Å². The summed E-state index contributed by atoms with van der Waals surface area (Å²) in [5.41, 5.74) is 0.229. The summed E-state index contributed by atoms with van der Waals surface area (Å²) in [6, 6.07) is 4.74. The second-order valence-corrected chi connectivity index (χ2v) is 11.7. The van der Waals surface area contributed by atoms with Gasteiger partial charge in [0.15, 0.2) is 0 Å². The molecule has 7 nitrogen and oxygen atoms in total. The van der Waals surface area contributed by atoms with Gasteiger partial charge in [-0.2, -0.15) is 4.31 Å². The van der Waals surface area contributed by atoms with Crippen LogP contribution in [0.5, 0.6) is 0 Å². The molecule has 1 aliphatic carbocycles. The van der Waals surface area contributed by atoms with Crippen LogP contribution in [-0.4, -0.2) is 42.3 Å². The monoisotopic (exact) mass is 459 g/mol. The molecule has 2 atom stereocenters. The van der Waals surface area contributed by atoms with Crippen LogP contribution in [0.3, 0.4) is 0 Å². The molecule has 32 heavy (non-hydrogen) atoms. The summed E-state index contributed by atoms with van der Waals surface area (Å²) in [4.78, 5) is 26.2. The number of fused-ring (bicyclic) bond motifs is 1. The Balaban J connectivity index is 1.70. The summed E-state index contributed by atoms with van der Waals surface area (Å²) < 4.78 is 29.9. The number of amides is 1. The maximum Gasteiger partial charge on any atom is 0.256 e. The Labute approximate surface area is 189 Å². The number of pyridine rings is 1.